The zero-order valence-corrected chi connectivity index (χ0v) is 14.2. The zero-order valence-electron chi connectivity index (χ0n) is 14.2. The molecule has 0 N–H and O–H groups in total. The van der Waals surface area contributed by atoms with Gasteiger partial charge in [-0.15, -0.1) is 0 Å². The van der Waals surface area contributed by atoms with E-state index in [2.05, 4.69) is 27.7 Å². The third-order valence-electron chi connectivity index (χ3n) is 4.18. The highest BCUT2D eigenvalue weighted by molar-refractivity contribution is 5.92. The SMILES string of the molecule is CCOC(=O)c1c(C)cc(=O)n(CC(C)C(C)(C)C)c1C. The molecule has 4 nitrogen and oxygen atoms in total. The molecular formula is C17H27NO3. The van der Waals surface area contributed by atoms with Crippen LogP contribution in [-0.2, 0) is 11.3 Å². The molecule has 1 heterocycles. The number of nitrogens with zero attached hydrogens (tertiary/aromatic N) is 1. The first kappa shape index (κ1) is 17.5. The van der Waals surface area contributed by atoms with Crippen LogP contribution in [0.25, 0.3) is 0 Å². The van der Waals surface area contributed by atoms with Crippen molar-refractivity contribution in [1.29, 1.82) is 0 Å². The summed E-state index contributed by atoms with van der Waals surface area (Å²) in [7, 11) is 0. The monoisotopic (exact) mass is 293 g/mol. The lowest BCUT2D eigenvalue weighted by Gasteiger charge is -2.29. The highest BCUT2D eigenvalue weighted by atomic mass is 16.5. The van der Waals surface area contributed by atoms with Crippen LogP contribution in [-0.4, -0.2) is 17.1 Å². The predicted octanol–water partition coefficient (Wildman–Crippen LogP) is 3.32. The Balaban J connectivity index is 3.31. The average molecular weight is 293 g/mol. The van der Waals surface area contributed by atoms with E-state index in [9.17, 15) is 9.59 Å². The van der Waals surface area contributed by atoms with Gasteiger partial charge in [-0.25, -0.2) is 4.79 Å². The third kappa shape index (κ3) is 3.96. The summed E-state index contributed by atoms with van der Waals surface area (Å²) in [6.07, 6.45) is 0. The molecule has 0 aliphatic carbocycles. The number of esters is 1. The highest BCUT2D eigenvalue weighted by Crippen LogP contribution is 2.27. The largest absolute Gasteiger partial charge is 0.462 e. The van der Waals surface area contributed by atoms with Gasteiger partial charge in [0.1, 0.15) is 0 Å². The fourth-order valence-electron chi connectivity index (χ4n) is 2.21. The van der Waals surface area contributed by atoms with Crippen molar-refractivity contribution < 1.29 is 9.53 Å². The summed E-state index contributed by atoms with van der Waals surface area (Å²) in [4.78, 5) is 24.4. The number of carbonyl (C=O) groups excluding carboxylic acids is 1. The van der Waals surface area contributed by atoms with Crippen molar-refractivity contribution in [2.24, 2.45) is 11.3 Å². The van der Waals surface area contributed by atoms with Gasteiger partial charge in [0.2, 0.25) is 0 Å². The lowest BCUT2D eigenvalue weighted by Crippen LogP contribution is -2.32. The van der Waals surface area contributed by atoms with Crippen LogP contribution in [0.2, 0.25) is 0 Å². The van der Waals surface area contributed by atoms with Gasteiger partial charge >= 0.3 is 5.97 Å². The van der Waals surface area contributed by atoms with Crippen molar-refractivity contribution in [2.75, 3.05) is 6.61 Å². The average Bonchev–Trinajstić information content (AvgIpc) is 2.32. The van der Waals surface area contributed by atoms with Crippen LogP contribution in [0.3, 0.4) is 0 Å². The van der Waals surface area contributed by atoms with E-state index < -0.39 is 0 Å². The van der Waals surface area contributed by atoms with Crippen LogP contribution in [0.1, 0.15) is 56.2 Å². The minimum atomic E-state index is -0.357. The summed E-state index contributed by atoms with van der Waals surface area (Å²) < 4.78 is 6.79. The Kier molecular flexibility index (Phi) is 5.37. The topological polar surface area (TPSA) is 48.3 Å². The van der Waals surface area contributed by atoms with E-state index in [1.165, 1.54) is 6.07 Å². The molecule has 1 unspecified atom stereocenters. The first-order valence-electron chi connectivity index (χ1n) is 7.47. The quantitative estimate of drug-likeness (QED) is 0.800. The Morgan fingerprint density at radius 2 is 1.90 bits per heavy atom. The molecule has 0 saturated heterocycles. The van der Waals surface area contributed by atoms with Gasteiger partial charge in [-0.1, -0.05) is 27.7 Å². The molecule has 0 aliphatic heterocycles. The number of ether oxygens (including phenoxy) is 1. The van der Waals surface area contributed by atoms with Crippen LogP contribution < -0.4 is 5.56 Å². The molecule has 118 valence electrons. The molecule has 1 atom stereocenters. The van der Waals surface area contributed by atoms with Crippen LogP contribution in [0.5, 0.6) is 0 Å². The highest BCUT2D eigenvalue weighted by Gasteiger charge is 2.23. The maximum absolute atomic E-state index is 12.3. The number of hydrogen-bond acceptors (Lipinski definition) is 3. The minimum Gasteiger partial charge on any atom is -0.462 e. The first-order chi connectivity index (χ1) is 9.59. The molecule has 0 aliphatic rings. The van der Waals surface area contributed by atoms with Gasteiger partial charge in [0.15, 0.2) is 0 Å². The van der Waals surface area contributed by atoms with Crippen molar-refractivity contribution in [3.8, 4) is 0 Å². The van der Waals surface area contributed by atoms with Crippen molar-refractivity contribution in [3.63, 3.8) is 0 Å². The first-order valence-corrected chi connectivity index (χ1v) is 7.47. The molecule has 0 aromatic carbocycles. The molecule has 1 rings (SSSR count). The van der Waals surface area contributed by atoms with E-state index in [1.807, 2.05) is 6.92 Å². The summed E-state index contributed by atoms with van der Waals surface area (Å²) in [5.41, 5.74) is 1.91. The van der Waals surface area contributed by atoms with Gasteiger partial charge in [0.05, 0.1) is 12.2 Å². The van der Waals surface area contributed by atoms with E-state index in [-0.39, 0.29) is 16.9 Å². The van der Waals surface area contributed by atoms with Crippen molar-refractivity contribution in [1.82, 2.24) is 4.57 Å². The van der Waals surface area contributed by atoms with Gasteiger partial charge in [0.25, 0.3) is 5.56 Å². The normalized spacial score (nSPS) is 13.1. The van der Waals surface area contributed by atoms with Gasteiger partial charge in [-0.2, -0.15) is 0 Å². The molecule has 0 fully saturated rings. The number of rotatable bonds is 4. The molecule has 0 amide bonds. The maximum atomic E-state index is 12.3. The molecule has 0 radical (unpaired) electrons. The van der Waals surface area contributed by atoms with Crippen molar-refractivity contribution >= 4 is 5.97 Å². The fourth-order valence-corrected chi connectivity index (χ4v) is 2.21. The maximum Gasteiger partial charge on any atom is 0.340 e. The van der Waals surface area contributed by atoms with E-state index in [4.69, 9.17) is 4.74 Å². The van der Waals surface area contributed by atoms with Gasteiger partial charge in [-0.3, -0.25) is 4.79 Å². The van der Waals surface area contributed by atoms with Gasteiger partial charge < -0.3 is 9.30 Å². The number of carbonyl (C=O) groups is 1. The summed E-state index contributed by atoms with van der Waals surface area (Å²) in [6.45, 7) is 14.9. The minimum absolute atomic E-state index is 0.0610. The summed E-state index contributed by atoms with van der Waals surface area (Å²) in [6, 6.07) is 1.52. The van der Waals surface area contributed by atoms with Gasteiger partial charge in [-0.05, 0) is 37.7 Å². The molecule has 0 spiro atoms. The lowest BCUT2D eigenvalue weighted by molar-refractivity contribution is 0.0523. The summed E-state index contributed by atoms with van der Waals surface area (Å²) in [5.74, 6) is -0.0451. The molecule has 1 aromatic rings. The standard InChI is InChI=1S/C17H27NO3/c1-8-21-16(20)15-11(2)9-14(19)18(13(15)4)10-12(3)17(5,6)7/h9,12H,8,10H2,1-7H3. The summed E-state index contributed by atoms with van der Waals surface area (Å²) >= 11 is 0. The number of hydrogen-bond donors (Lipinski definition) is 0. The van der Waals surface area contributed by atoms with E-state index in [0.29, 0.717) is 35.9 Å². The Morgan fingerprint density at radius 1 is 1.33 bits per heavy atom. The molecule has 21 heavy (non-hydrogen) atoms. The van der Waals surface area contributed by atoms with E-state index in [1.54, 1.807) is 18.4 Å². The molecule has 4 heteroatoms. The van der Waals surface area contributed by atoms with E-state index >= 15 is 0 Å². The van der Waals surface area contributed by atoms with Crippen LogP contribution in [0, 0.1) is 25.2 Å². The second kappa shape index (κ2) is 6.46. The zero-order chi connectivity index (χ0) is 16.4. The Morgan fingerprint density at radius 3 is 2.38 bits per heavy atom. The smallest absolute Gasteiger partial charge is 0.340 e. The second-order valence-electron chi connectivity index (χ2n) is 6.72. The second-order valence-corrected chi connectivity index (χ2v) is 6.72. The van der Waals surface area contributed by atoms with Crippen LogP contribution >= 0.6 is 0 Å². The van der Waals surface area contributed by atoms with Gasteiger partial charge in [0, 0.05) is 18.3 Å². The molecule has 0 saturated carbocycles. The van der Waals surface area contributed by atoms with Crippen molar-refractivity contribution in [2.45, 2.75) is 55.0 Å². The third-order valence-corrected chi connectivity index (χ3v) is 4.18. The molecule has 1 aromatic heterocycles. The molecule has 0 bridgehead atoms. The Hall–Kier alpha value is -1.58. The van der Waals surface area contributed by atoms with E-state index in [0.717, 1.165) is 0 Å². The number of aromatic nitrogens is 1. The Bertz CT molecular complexity index is 579. The Labute approximate surface area is 127 Å². The lowest BCUT2D eigenvalue weighted by atomic mass is 9.82. The van der Waals surface area contributed by atoms with Crippen molar-refractivity contribution in [3.05, 3.63) is 33.2 Å². The predicted molar refractivity (Wildman–Crippen MR) is 84.8 cm³/mol. The number of aryl methyl sites for hydroxylation is 1. The van der Waals surface area contributed by atoms with Crippen LogP contribution in [0.4, 0.5) is 0 Å². The number of pyridine rings is 1. The fraction of sp³-hybridized carbons (Fsp3) is 0.647. The molecular weight excluding hydrogens is 266 g/mol. The summed E-state index contributed by atoms with van der Waals surface area (Å²) in [5, 5.41) is 0. The van der Waals surface area contributed by atoms with Crippen LogP contribution in [0.15, 0.2) is 10.9 Å².